The predicted octanol–water partition coefficient (Wildman–Crippen LogP) is 3.94. The zero-order valence-corrected chi connectivity index (χ0v) is 21.9. The molecular formula is C29H37FN2O5. The molecule has 0 bridgehead atoms. The van der Waals surface area contributed by atoms with Gasteiger partial charge in [0.25, 0.3) is 5.91 Å². The van der Waals surface area contributed by atoms with Crippen LogP contribution in [0.15, 0.2) is 48.5 Å². The van der Waals surface area contributed by atoms with Gasteiger partial charge in [-0.15, -0.1) is 0 Å². The number of piperidine rings is 1. The molecule has 0 saturated carbocycles. The first-order valence-electron chi connectivity index (χ1n) is 12.9. The summed E-state index contributed by atoms with van der Waals surface area (Å²) in [6.07, 6.45) is 1.38. The maximum atomic E-state index is 13.9. The van der Waals surface area contributed by atoms with Gasteiger partial charge in [-0.3, -0.25) is 4.79 Å². The number of esters is 1. The average Bonchev–Trinajstić information content (AvgIpc) is 3.28. The maximum absolute atomic E-state index is 13.9. The van der Waals surface area contributed by atoms with Crippen LogP contribution in [0.25, 0.3) is 11.1 Å². The van der Waals surface area contributed by atoms with Crippen molar-refractivity contribution in [3.8, 4) is 16.9 Å². The fourth-order valence-corrected chi connectivity index (χ4v) is 5.26. The fourth-order valence-electron chi connectivity index (χ4n) is 5.26. The number of amides is 1. The minimum atomic E-state index is -1.17. The van der Waals surface area contributed by atoms with Crippen molar-refractivity contribution in [2.45, 2.75) is 50.9 Å². The number of β-amino-alcohol motifs (C(OH)–C–C–N with tert-alkyl or cyclic N) is 1. The van der Waals surface area contributed by atoms with Crippen LogP contribution in [0.5, 0.6) is 5.75 Å². The summed E-state index contributed by atoms with van der Waals surface area (Å²) in [6.45, 7) is 6.18. The molecule has 0 aliphatic carbocycles. The topological polar surface area (TPSA) is 79.3 Å². The summed E-state index contributed by atoms with van der Waals surface area (Å²) in [6, 6.07) is 14.1. The largest absolute Gasteiger partial charge is 0.493 e. The molecule has 8 heteroatoms. The zero-order valence-electron chi connectivity index (χ0n) is 21.9. The van der Waals surface area contributed by atoms with Gasteiger partial charge in [0.2, 0.25) is 0 Å². The predicted molar refractivity (Wildman–Crippen MR) is 139 cm³/mol. The molecule has 1 amide bonds. The number of carbonyl (C=O) groups is 2. The Morgan fingerprint density at radius 3 is 2.41 bits per heavy atom. The first kappa shape index (κ1) is 27.1. The van der Waals surface area contributed by atoms with Gasteiger partial charge < -0.3 is 24.4 Å². The smallest absolute Gasteiger partial charge is 0.328 e. The molecule has 0 unspecified atom stereocenters. The molecule has 7 nitrogen and oxygen atoms in total. The second-order valence-electron chi connectivity index (χ2n) is 10.7. The molecule has 0 radical (unpaired) electrons. The van der Waals surface area contributed by atoms with Gasteiger partial charge in [-0.05, 0) is 75.0 Å². The first-order chi connectivity index (χ1) is 17.6. The molecule has 2 saturated heterocycles. The Bertz CT molecular complexity index is 1080. The normalized spacial score (nSPS) is 21.2. The van der Waals surface area contributed by atoms with Crippen molar-refractivity contribution in [2.75, 3.05) is 39.9 Å². The van der Waals surface area contributed by atoms with E-state index in [0.29, 0.717) is 24.6 Å². The molecule has 4 rings (SSSR count). The molecule has 2 aromatic rings. The Hall–Kier alpha value is -2.97. The van der Waals surface area contributed by atoms with Crippen LogP contribution in [-0.4, -0.2) is 84.5 Å². The van der Waals surface area contributed by atoms with Crippen LogP contribution >= 0.6 is 0 Å². The first-order valence-corrected chi connectivity index (χ1v) is 12.9. The Balaban J connectivity index is 1.39. The summed E-state index contributed by atoms with van der Waals surface area (Å²) >= 11 is 0. The molecule has 2 atom stereocenters. The Morgan fingerprint density at radius 2 is 1.76 bits per heavy atom. The van der Waals surface area contributed by atoms with Crippen LogP contribution in [0.1, 0.15) is 43.5 Å². The van der Waals surface area contributed by atoms with Gasteiger partial charge in [0.05, 0.1) is 19.8 Å². The van der Waals surface area contributed by atoms with Crippen LogP contribution in [0, 0.1) is 5.92 Å². The third-order valence-corrected chi connectivity index (χ3v) is 7.13. The van der Waals surface area contributed by atoms with Gasteiger partial charge in [0.1, 0.15) is 17.5 Å². The highest BCUT2D eigenvalue weighted by molar-refractivity contribution is 6.02. The van der Waals surface area contributed by atoms with E-state index in [0.717, 1.165) is 42.8 Å². The monoisotopic (exact) mass is 512 g/mol. The van der Waals surface area contributed by atoms with Crippen molar-refractivity contribution in [1.29, 1.82) is 0 Å². The van der Waals surface area contributed by atoms with Crippen molar-refractivity contribution in [3.05, 3.63) is 54.1 Å². The number of hydrogen-bond acceptors (Lipinski definition) is 6. The molecular weight excluding hydrogens is 475 g/mol. The van der Waals surface area contributed by atoms with Crippen LogP contribution in [-0.2, 0) is 9.53 Å². The minimum absolute atomic E-state index is 0.0875. The van der Waals surface area contributed by atoms with Crippen LogP contribution < -0.4 is 4.74 Å². The number of nitrogens with zero attached hydrogens (tertiary/aromatic N) is 2. The third-order valence-electron chi connectivity index (χ3n) is 7.13. The number of halogens is 1. The lowest BCUT2D eigenvalue weighted by molar-refractivity contribution is -0.145. The number of aliphatic hydroxyl groups excluding tert-OH is 1. The van der Waals surface area contributed by atoms with Crippen molar-refractivity contribution in [1.82, 2.24) is 9.80 Å². The van der Waals surface area contributed by atoms with Crippen LogP contribution in [0.3, 0.4) is 0 Å². The van der Waals surface area contributed by atoms with Gasteiger partial charge >= 0.3 is 5.97 Å². The van der Waals surface area contributed by atoms with E-state index in [-0.39, 0.29) is 18.9 Å². The highest BCUT2D eigenvalue weighted by Gasteiger charge is 2.40. The van der Waals surface area contributed by atoms with E-state index in [1.807, 2.05) is 36.4 Å². The van der Waals surface area contributed by atoms with E-state index in [4.69, 9.17) is 9.47 Å². The Labute approximate surface area is 218 Å². The van der Waals surface area contributed by atoms with Crippen LogP contribution in [0.4, 0.5) is 4.39 Å². The lowest BCUT2D eigenvalue weighted by Gasteiger charge is -2.34. The number of carbonyl (C=O) groups excluding carboxylic acids is 2. The van der Waals surface area contributed by atoms with E-state index < -0.39 is 23.8 Å². The van der Waals surface area contributed by atoms with E-state index in [9.17, 15) is 19.1 Å². The summed E-state index contributed by atoms with van der Waals surface area (Å²) in [5.74, 6) is 0.357. The van der Waals surface area contributed by atoms with Gasteiger partial charge in [0, 0.05) is 25.1 Å². The molecule has 2 aliphatic heterocycles. The van der Waals surface area contributed by atoms with E-state index >= 15 is 0 Å². The number of hydrogen-bond donors (Lipinski definition) is 1. The number of rotatable bonds is 8. The van der Waals surface area contributed by atoms with Crippen molar-refractivity contribution >= 4 is 11.9 Å². The third kappa shape index (κ3) is 6.87. The van der Waals surface area contributed by atoms with Crippen molar-refractivity contribution < 1.29 is 28.6 Å². The van der Waals surface area contributed by atoms with Crippen molar-refractivity contribution in [2.24, 2.45) is 5.92 Å². The molecule has 2 aromatic carbocycles. The van der Waals surface area contributed by atoms with E-state index in [2.05, 4.69) is 4.90 Å². The molecule has 2 aliphatic rings. The standard InChI is InChI=1S/C29H37FN2O5/c1-29(2,30)19-31-14-12-20(13-15-31)18-37-23-10-8-21(9-11-23)24-6-4-5-7-25(24)27(34)32-17-22(33)16-26(32)28(35)36-3/h4-11,20,22,26,33H,12-19H2,1-3H3/t22-,26+/m1/s1. The second-order valence-corrected chi connectivity index (χ2v) is 10.7. The molecule has 1 N–H and O–H groups in total. The van der Waals surface area contributed by atoms with Gasteiger partial charge in [-0.25, -0.2) is 9.18 Å². The molecule has 2 fully saturated rings. The number of likely N-dealkylation sites (tertiary alicyclic amines) is 2. The summed E-state index contributed by atoms with van der Waals surface area (Å²) in [5.41, 5.74) is 0.884. The highest BCUT2D eigenvalue weighted by atomic mass is 19.1. The van der Waals surface area contributed by atoms with E-state index in [1.54, 1.807) is 26.0 Å². The average molecular weight is 513 g/mol. The fraction of sp³-hybridized carbons (Fsp3) is 0.517. The summed E-state index contributed by atoms with van der Waals surface area (Å²) in [4.78, 5) is 29.2. The molecule has 2 heterocycles. The minimum Gasteiger partial charge on any atom is -0.493 e. The molecule has 0 aromatic heterocycles. The molecule has 37 heavy (non-hydrogen) atoms. The zero-order chi connectivity index (χ0) is 26.6. The lowest BCUT2D eigenvalue weighted by Crippen LogP contribution is -2.41. The number of ether oxygens (including phenoxy) is 2. The maximum Gasteiger partial charge on any atom is 0.328 e. The Morgan fingerprint density at radius 1 is 1.08 bits per heavy atom. The number of methoxy groups -OCH3 is 1. The summed E-state index contributed by atoms with van der Waals surface area (Å²) in [5, 5.41) is 10.1. The SMILES string of the molecule is COC(=O)[C@@H]1C[C@@H](O)CN1C(=O)c1ccccc1-c1ccc(OCC2CCN(CC(C)(C)F)CC2)cc1. The van der Waals surface area contributed by atoms with Crippen molar-refractivity contribution in [3.63, 3.8) is 0 Å². The molecule has 0 spiro atoms. The lowest BCUT2D eigenvalue weighted by atomic mass is 9.96. The van der Waals surface area contributed by atoms with Gasteiger partial charge in [0.15, 0.2) is 0 Å². The Kier molecular flexibility index (Phi) is 8.49. The highest BCUT2D eigenvalue weighted by Crippen LogP contribution is 2.30. The van der Waals surface area contributed by atoms with Gasteiger partial charge in [-0.2, -0.15) is 0 Å². The summed E-state index contributed by atoms with van der Waals surface area (Å²) in [7, 11) is 1.28. The summed E-state index contributed by atoms with van der Waals surface area (Å²) < 4.78 is 24.8. The molecule has 200 valence electrons. The number of aliphatic hydroxyl groups is 1. The number of benzene rings is 2. The quantitative estimate of drug-likeness (QED) is 0.540. The van der Waals surface area contributed by atoms with Crippen LogP contribution in [0.2, 0.25) is 0 Å². The van der Waals surface area contributed by atoms with Gasteiger partial charge in [-0.1, -0.05) is 30.3 Å². The van der Waals surface area contributed by atoms with E-state index in [1.165, 1.54) is 12.0 Å². The second kappa shape index (κ2) is 11.6. The number of alkyl halides is 1.